The second kappa shape index (κ2) is 7.77. The molecule has 2 amide bonds. The molecule has 0 saturated carbocycles. The first-order valence-electron chi connectivity index (χ1n) is 7.17. The average Bonchev–Trinajstić information content (AvgIpc) is 3.17. The van der Waals surface area contributed by atoms with Gasteiger partial charge in [0.15, 0.2) is 0 Å². The highest BCUT2D eigenvalue weighted by Crippen LogP contribution is 2.25. The van der Waals surface area contributed by atoms with Crippen LogP contribution in [0.3, 0.4) is 0 Å². The SMILES string of the molecule is CNC(CNC(=O)N1Cc2cccc(F)c2C1)c1ccsc1.Cl. The Bertz CT molecular complexity index is 665. The normalized spacial score (nSPS) is 14.1. The third kappa shape index (κ3) is 3.83. The Kier molecular flexibility index (Phi) is 5.98. The molecule has 23 heavy (non-hydrogen) atoms. The number of halogens is 2. The predicted molar refractivity (Wildman–Crippen MR) is 92.4 cm³/mol. The van der Waals surface area contributed by atoms with Gasteiger partial charge < -0.3 is 15.5 Å². The first-order valence-corrected chi connectivity index (χ1v) is 8.11. The lowest BCUT2D eigenvalue weighted by molar-refractivity contribution is 0.197. The molecule has 1 aromatic carbocycles. The van der Waals surface area contributed by atoms with Crippen molar-refractivity contribution in [3.63, 3.8) is 0 Å². The molecule has 7 heteroatoms. The predicted octanol–water partition coefficient (Wildman–Crippen LogP) is 3.29. The molecule has 124 valence electrons. The van der Waals surface area contributed by atoms with E-state index in [0.29, 0.717) is 25.2 Å². The summed E-state index contributed by atoms with van der Waals surface area (Å²) in [5.41, 5.74) is 2.67. The van der Waals surface area contributed by atoms with Crippen LogP contribution in [-0.2, 0) is 13.1 Å². The molecule has 4 nitrogen and oxygen atoms in total. The number of carbonyl (C=O) groups is 1. The zero-order valence-corrected chi connectivity index (χ0v) is 14.3. The molecule has 2 N–H and O–H groups in total. The monoisotopic (exact) mass is 355 g/mol. The number of rotatable bonds is 4. The maximum atomic E-state index is 13.7. The molecule has 1 unspecified atom stereocenters. The van der Waals surface area contributed by atoms with Crippen molar-refractivity contribution in [3.8, 4) is 0 Å². The van der Waals surface area contributed by atoms with Crippen LogP contribution < -0.4 is 10.6 Å². The summed E-state index contributed by atoms with van der Waals surface area (Å²) in [6.07, 6.45) is 0. The minimum absolute atomic E-state index is 0. The summed E-state index contributed by atoms with van der Waals surface area (Å²) in [7, 11) is 1.87. The van der Waals surface area contributed by atoms with E-state index in [1.807, 2.05) is 24.6 Å². The van der Waals surface area contributed by atoms with Crippen molar-refractivity contribution in [2.45, 2.75) is 19.1 Å². The Labute approximate surface area is 145 Å². The number of nitrogens with zero attached hydrogens (tertiary/aromatic N) is 1. The van der Waals surface area contributed by atoms with Gasteiger partial charge in [-0.1, -0.05) is 12.1 Å². The third-order valence-corrected chi connectivity index (χ3v) is 4.67. The minimum atomic E-state index is -0.237. The van der Waals surface area contributed by atoms with Gasteiger partial charge in [0.1, 0.15) is 5.82 Å². The van der Waals surface area contributed by atoms with E-state index < -0.39 is 0 Å². The highest BCUT2D eigenvalue weighted by molar-refractivity contribution is 7.07. The summed E-state index contributed by atoms with van der Waals surface area (Å²) >= 11 is 1.63. The fourth-order valence-electron chi connectivity index (χ4n) is 2.69. The van der Waals surface area contributed by atoms with Gasteiger partial charge in [-0.15, -0.1) is 12.4 Å². The van der Waals surface area contributed by atoms with Crippen molar-refractivity contribution in [3.05, 3.63) is 57.5 Å². The fraction of sp³-hybridized carbons (Fsp3) is 0.312. The van der Waals surface area contributed by atoms with E-state index in [2.05, 4.69) is 16.0 Å². The minimum Gasteiger partial charge on any atom is -0.336 e. The lowest BCUT2D eigenvalue weighted by Gasteiger charge is -2.20. The Morgan fingerprint density at radius 2 is 2.22 bits per heavy atom. The van der Waals surface area contributed by atoms with Crippen molar-refractivity contribution in [2.75, 3.05) is 13.6 Å². The summed E-state index contributed by atoms with van der Waals surface area (Å²) in [5.74, 6) is -0.237. The molecule has 0 saturated heterocycles. The number of carbonyl (C=O) groups excluding carboxylic acids is 1. The van der Waals surface area contributed by atoms with Crippen LogP contribution in [0.5, 0.6) is 0 Å². The molecule has 0 bridgehead atoms. The number of likely N-dealkylation sites (N-methyl/N-ethyl adjacent to an activating group) is 1. The summed E-state index contributed by atoms with van der Waals surface area (Å²) in [6.45, 7) is 1.29. The Morgan fingerprint density at radius 1 is 1.39 bits per heavy atom. The molecule has 2 heterocycles. The van der Waals surface area contributed by atoms with Crippen molar-refractivity contribution in [1.29, 1.82) is 0 Å². The Morgan fingerprint density at radius 3 is 2.87 bits per heavy atom. The van der Waals surface area contributed by atoms with Gasteiger partial charge in [-0.05, 0) is 41.1 Å². The smallest absolute Gasteiger partial charge is 0.318 e. The van der Waals surface area contributed by atoms with Gasteiger partial charge in [-0.2, -0.15) is 11.3 Å². The van der Waals surface area contributed by atoms with Gasteiger partial charge in [0.05, 0.1) is 12.6 Å². The van der Waals surface area contributed by atoms with Gasteiger partial charge >= 0.3 is 6.03 Å². The second-order valence-electron chi connectivity index (χ2n) is 5.32. The number of hydrogen-bond acceptors (Lipinski definition) is 3. The molecule has 1 aliphatic heterocycles. The van der Waals surface area contributed by atoms with E-state index in [1.54, 1.807) is 22.3 Å². The third-order valence-electron chi connectivity index (χ3n) is 3.96. The summed E-state index contributed by atoms with van der Waals surface area (Å²) in [4.78, 5) is 13.9. The molecule has 0 spiro atoms. The molecule has 2 aromatic rings. The van der Waals surface area contributed by atoms with E-state index in [1.165, 1.54) is 6.07 Å². The molecular weight excluding hydrogens is 337 g/mol. The Balaban J connectivity index is 0.00000192. The maximum absolute atomic E-state index is 13.7. The summed E-state index contributed by atoms with van der Waals surface area (Å²) in [5, 5.41) is 10.2. The molecule has 1 aliphatic rings. The topological polar surface area (TPSA) is 44.4 Å². The van der Waals surface area contributed by atoms with Crippen LogP contribution in [0.15, 0.2) is 35.0 Å². The highest BCUT2D eigenvalue weighted by Gasteiger charge is 2.25. The summed E-state index contributed by atoms with van der Waals surface area (Å²) < 4.78 is 13.7. The number of benzene rings is 1. The quantitative estimate of drug-likeness (QED) is 0.883. The second-order valence-corrected chi connectivity index (χ2v) is 6.10. The van der Waals surface area contributed by atoms with Crippen LogP contribution in [0.2, 0.25) is 0 Å². The number of fused-ring (bicyclic) bond motifs is 1. The first-order chi connectivity index (χ1) is 10.7. The van der Waals surface area contributed by atoms with Gasteiger partial charge in [-0.25, -0.2) is 9.18 Å². The molecule has 0 fully saturated rings. The number of amides is 2. The number of hydrogen-bond donors (Lipinski definition) is 2. The van der Waals surface area contributed by atoms with E-state index in [0.717, 1.165) is 11.1 Å². The standard InChI is InChI=1S/C16H18FN3OS.ClH/c1-18-15(12-5-6-22-10-12)7-19-16(21)20-8-11-3-2-4-14(17)13(11)9-20;/h2-6,10,15,18H,7-9H2,1H3,(H,19,21);1H. The number of thiophene rings is 1. The van der Waals surface area contributed by atoms with Crippen LogP contribution in [0.25, 0.3) is 0 Å². The van der Waals surface area contributed by atoms with E-state index in [-0.39, 0.29) is 30.3 Å². The van der Waals surface area contributed by atoms with Gasteiger partial charge in [0.2, 0.25) is 0 Å². The van der Waals surface area contributed by atoms with Crippen molar-refractivity contribution in [1.82, 2.24) is 15.5 Å². The van der Waals surface area contributed by atoms with Crippen LogP contribution >= 0.6 is 23.7 Å². The number of urea groups is 1. The van der Waals surface area contributed by atoms with Gasteiger partial charge in [0.25, 0.3) is 0 Å². The molecule has 0 radical (unpaired) electrons. The average molecular weight is 356 g/mol. The largest absolute Gasteiger partial charge is 0.336 e. The lowest BCUT2D eigenvalue weighted by atomic mass is 10.1. The molecule has 1 aromatic heterocycles. The zero-order chi connectivity index (χ0) is 15.5. The van der Waals surface area contributed by atoms with Crippen LogP contribution in [0.4, 0.5) is 9.18 Å². The van der Waals surface area contributed by atoms with Crippen molar-refractivity contribution in [2.24, 2.45) is 0 Å². The van der Waals surface area contributed by atoms with E-state index >= 15 is 0 Å². The lowest BCUT2D eigenvalue weighted by Crippen LogP contribution is -2.40. The fourth-order valence-corrected chi connectivity index (χ4v) is 3.40. The molecule has 1 atom stereocenters. The van der Waals surface area contributed by atoms with Gasteiger partial charge in [-0.3, -0.25) is 0 Å². The maximum Gasteiger partial charge on any atom is 0.318 e. The van der Waals surface area contributed by atoms with Crippen molar-refractivity contribution < 1.29 is 9.18 Å². The zero-order valence-electron chi connectivity index (χ0n) is 12.7. The highest BCUT2D eigenvalue weighted by atomic mass is 35.5. The Hall–Kier alpha value is -1.63. The summed E-state index contributed by atoms with van der Waals surface area (Å²) in [6, 6.07) is 6.95. The number of nitrogens with one attached hydrogen (secondary N) is 2. The van der Waals surface area contributed by atoms with Crippen molar-refractivity contribution >= 4 is 29.8 Å². The van der Waals surface area contributed by atoms with E-state index in [9.17, 15) is 9.18 Å². The van der Waals surface area contributed by atoms with Crippen LogP contribution in [0, 0.1) is 5.82 Å². The van der Waals surface area contributed by atoms with Crippen LogP contribution in [-0.4, -0.2) is 24.5 Å². The molecule has 0 aliphatic carbocycles. The first kappa shape index (κ1) is 17.7. The van der Waals surface area contributed by atoms with Crippen LogP contribution in [0.1, 0.15) is 22.7 Å². The van der Waals surface area contributed by atoms with Gasteiger partial charge in [0, 0.05) is 18.7 Å². The molecule has 3 rings (SSSR count). The molecular formula is C16H19ClFN3OS. The van der Waals surface area contributed by atoms with E-state index in [4.69, 9.17) is 0 Å².